The van der Waals surface area contributed by atoms with Crippen molar-refractivity contribution in [3.8, 4) is 0 Å². The lowest BCUT2D eigenvalue weighted by Crippen LogP contribution is -2.70. The number of carboxylic acids is 1. The van der Waals surface area contributed by atoms with E-state index in [0.717, 1.165) is 11.5 Å². The number of amides is 2. The first-order chi connectivity index (χ1) is 13.5. The minimum atomic E-state index is -1.22. The summed E-state index contributed by atoms with van der Waals surface area (Å²) < 4.78 is 6.76. The molecule has 4 rings (SSSR count). The molecule has 2 aromatic heterocycles. The third-order valence-electron chi connectivity index (χ3n) is 4.08. The van der Waals surface area contributed by atoms with Crippen LogP contribution in [-0.2, 0) is 27.5 Å². The fraction of sp³-hybridized carbons (Fsp3) is 0.417. The molecule has 2 N–H and O–H groups in total. The molecule has 0 bridgehead atoms. The highest BCUT2D eigenvalue weighted by Crippen LogP contribution is 2.40. The van der Waals surface area contributed by atoms with Gasteiger partial charge in [0.2, 0.25) is 5.91 Å². The topological polar surface area (TPSA) is 161 Å². The predicted molar refractivity (Wildman–Crippen MR) is 96.2 cm³/mol. The number of β-lactam (4-membered cyclic amide) rings is 1. The van der Waals surface area contributed by atoms with Gasteiger partial charge in [-0.1, -0.05) is 9.70 Å². The number of aromatic nitrogens is 7. The monoisotopic (exact) mass is 441 g/mol. The zero-order valence-electron chi connectivity index (χ0n) is 13.8. The Labute approximate surface area is 169 Å². The largest absolute Gasteiger partial charge is 0.477 e. The van der Waals surface area contributed by atoms with Gasteiger partial charge in [0.25, 0.3) is 5.91 Å². The van der Waals surface area contributed by atoms with Crippen LogP contribution >= 0.6 is 35.5 Å². The van der Waals surface area contributed by atoms with Crippen LogP contribution in [0.1, 0.15) is 0 Å². The molecule has 0 unspecified atom stereocenters. The van der Waals surface area contributed by atoms with Crippen LogP contribution in [0, 0.1) is 3.95 Å². The summed E-state index contributed by atoms with van der Waals surface area (Å²) in [5.74, 6) is -1.80. The lowest BCUT2D eigenvalue weighted by molar-refractivity contribution is -0.150. The third-order valence-corrected chi connectivity index (χ3v) is 6.37. The molecule has 0 saturated carbocycles. The Morgan fingerprint density at radius 1 is 1.39 bits per heavy atom. The van der Waals surface area contributed by atoms with E-state index >= 15 is 0 Å². The molecule has 2 amide bonds. The average Bonchev–Trinajstić information content (AvgIpc) is 3.31. The first-order valence-corrected chi connectivity index (χ1v) is 9.98. The van der Waals surface area contributed by atoms with Gasteiger partial charge in [0.15, 0.2) is 3.95 Å². The number of aliphatic carboxylic acids is 1. The standard InChI is InChI=1S/C12H11N9O4S3/c22-6(2-19-4-13-15-16-19)14-7-9(23)21-8(11(24)25)5(3-27-10(7)21)1-20-12(26)28-18-17-20/h4,7,10H,1-3H2,(H,14,22)(H,24,25)/t7-,10-/m1/s1. The second-order valence-electron chi connectivity index (χ2n) is 5.81. The van der Waals surface area contributed by atoms with Gasteiger partial charge in [-0.15, -0.1) is 16.9 Å². The van der Waals surface area contributed by atoms with Crippen molar-refractivity contribution in [2.24, 2.45) is 0 Å². The molecule has 146 valence electrons. The van der Waals surface area contributed by atoms with Gasteiger partial charge in [-0.25, -0.2) is 14.2 Å². The molecular formula is C12H11N9O4S3. The second kappa shape index (κ2) is 7.36. The van der Waals surface area contributed by atoms with Crippen LogP contribution in [-0.4, -0.2) is 79.5 Å². The maximum Gasteiger partial charge on any atom is 0.352 e. The maximum absolute atomic E-state index is 12.6. The van der Waals surface area contributed by atoms with Gasteiger partial charge in [-0.05, 0) is 28.2 Å². The van der Waals surface area contributed by atoms with Crippen molar-refractivity contribution in [2.75, 3.05) is 5.75 Å². The highest BCUT2D eigenvalue weighted by Gasteiger charge is 2.54. The molecule has 4 heterocycles. The third kappa shape index (κ3) is 3.29. The van der Waals surface area contributed by atoms with Crippen molar-refractivity contribution in [1.82, 2.24) is 44.8 Å². The van der Waals surface area contributed by atoms with E-state index in [0.29, 0.717) is 15.3 Å². The van der Waals surface area contributed by atoms with E-state index in [1.54, 1.807) is 0 Å². The van der Waals surface area contributed by atoms with Crippen LogP contribution in [0.5, 0.6) is 0 Å². The Morgan fingerprint density at radius 3 is 2.86 bits per heavy atom. The number of thioether (sulfide) groups is 1. The predicted octanol–water partition coefficient (Wildman–Crippen LogP) is -1.51. The Balaban J connectivity index is 1.50. The fourth-order valence-electron chi connectivity index (χ4n) is 2.88. The number of fused-ring (bicyclic) bond motifs is 1. The van der Waals surface area contributed by atoms with E-state index in [2.05, 4.69) is 30.5 Å². The molecule has 13 nitrogen and oxygen atoms in total. The Bertz CT molecular complexity index is 1030. The zero-order valence-corrected chi connectivity index (χ0v) is 16.3. The normalized spacial score (nSPS) is 21.3. The lowest BCUT2D eigenvalue weighted by atomic mass is 10.0. The number of carbonyl (C=O) groups excluding carboxylic acids is 2. The average molecular weight is 441 g/mol. The summed E-state index contributed by atoms with van der Waals surface area (Å²) in [4.78, 5) is 37.7. The first-order valence-electron chi connectivity index (χ1n) is 7.75. The SMILES string of the molecule is O=C(Cn1cnnn1)N[C@@H]1C(=O)N2C(C(=O)O)=C(Cn3nnsc3=S)CS[C@H]12. The van der Waals surface area contributed by atoms with Gasteiger partial charge >= 0.3 is 5.97 Å². The Morgan fingerprint density at radius 2 is 2.21 bits per heavy atom. The number of rotatable bonds is 6. The fourth-order valence-corrected chi connectivity index (χ4v) is 4.81. The van der Waals surface area contributed by atoms with Crippen molar-refractivity contribution in [3.63, 3.8) is 0 Å². The summed E-state index contributed by atoms with van der Waals surface area (Å²) in [6.07, 6.45) is 1.28. The lowest BCUT2D eigenvalue weighted by Gasteiger charge is -2.49. The van der Waals surface area contributed by atoms with E-state index < -0.39 is 29.2 Å². The molecule has 2 aliphatic rings. The quantitative estimate of drug-likeness (QED) is 0.396. The van der Waals surface area contributed by atoms with Crippen LogP contribution < -0.4 is 5.32 Å². The molecule has 28 heavy (non-hydrogen) atoms. The summed E-state index contributed by atoms with van der Waals surface area (Å²) in [6.45, 7) is -0.00703. The molecule has 0 aromatic carbocycles. The molecule has 2 aromatic rings. The van der Waals surface area contributed by atoms with E-state index in [4.69, 9.17) is 12.2 Å². The van der Waals surface area contributed by atoms with Crippen LogP contribution in [0.15, 0.2) is 17.6 Å². The number of hydrogen-bond acceptors (Lipinski definition) is 11. The molecule has 1 saturated heterocycles. The van der Waals surface area contributed by atoms with Gasteiger partial charge in [-0.3, -0.25) is 14.5 Å². The molecule has 0 spiro atoms. The minimum Gasteiger partial charge on any atom is -0.477 e. The summed E-state index contributed by atoms with van der Waals surface area (Å²) in [5, 5.41) is 26.0. The molecule has 1 fully saturated rings. The summed E-state index contributed by atoms with van der Waals surface area (Å²) in [5.41, 5.74) is 0.402. The number of carbonyl (C=O) groups is 3. The number of nitrogens with zero attached hydrogens (tertiary/aromatic N) is 8. The van der Waals surface area contributed by atoms with Crippen LogP contribution in [0.25, 0.3) is 0 Å². The molecule has 16 heteroatoms. The molecule has 2 atom stereocenters. The van der Waals surface area contributed by atoms with E-state index in [1.165, 1.54) is 32.4 Å². The minimum absolute atomic E-state index is 0.102. The van der Waals surface area contributed by atoms with Crippen molar-refractivity contribution >= 4 is 53.3 Å². The summed E-state index contributed by atoms with van der Waals surface area (Å²) in [6, 6.07) is -0.812. The summed E-state index contributed by atoms with van der Waals surface area (Å²) in [7, 11) is 0. The van der Waals surface area contributed by atoms with Crippen molar-refractivity contribution in [3.05, 3.63) is 21.6 Å². The molecule has 0 radical (unpaired) electrons. The van der Waals surface area contributed by atoms with Crippen LogP contribution in [0.3, 0.4) is 0 Å². The van der Waals surface area contributed by atoms with E-state index in [1.807, 2.05) is 0 Å². The number of hydrogen-bond donors (Lipinski definition) is 2. The van der Waals surface area contributed by atoms with Crippen LogP contribution in [0.2, 0.25) is 0 Å². The molecule has 0 aliphatic carbocycles. The van der Waals surface area contributed by atoms with E-state index in [-0.39, 0.29) is 18.8 Å². The van der Waals surface area contributed by atoms with Gasteiger partial charge < -0.3 is 10.4 Å². The number of nitrogens with one attached hydrogen (secondary N) is 1. The number of tetrazole rings is 1. The molecule has 2 aliphatic heterocycles. The number of carboxylic acid groups (broad SMARTS) is 1. The van der Waals surface area contributed by atoms with Gasteiger partial charge in [0.1, 0.15) is 30.0 Å². The van der Waals surface area contributed by atoms with Crippen molar-refractivity contribution < 1.29 is 19.5 Å². The van der Waals surface area contributed by atoms with Crippen molar-refractivity contribution in [1.29, 1.82) is 0 Å². The summed E-state index contributed by atoms with van der Waals surface area (Å²) >= 11 is 7.48. The van der Waals surface area contributed by atoms with E-state index in [9.17, 15) is 19.5 Å². The highest BCUT2D eigenvalue weighted by molar-refractivity contribution is 8.00. The molecular weight excluding hydrogens is 430 g/mol. The Kier molecular flexibility index (Phi) is 4.90. The van der Waals surface area contributed by atoms with Crippen molar-refractivity contribution in [2.45, 2.75) is 24.5 Å². The highest BCUT2D eigenvalue weighted by atomic mass is 32.2. The smallest absolute Gasteiger partial charge is 0.352 e. The Hall–Kier alpha value is -2.72. The first kappa shape index (κ1) is 18.6. The van der Waals surface area contributed by atoms with Crippen LogP contribution in [0.4, 0.5) is 0 Å². The maximum atomic E-state index is 12.6. The van der Waals surface area contributed by atoms with Gasteiger partial charge in [0.05, 0.1) is 6.54 Å². The second-order valence-corrected chi connectivity index (χ2v) is 8.29. The van der Waals surface area contributed by atoms with Gasteiger partial charge in [-0.2, -0.15) is 0 Å². The zero-order chi connectivity index (χ0) is 19.8. The van der Waals surface area contributed by atoms with Gasteiger partial charge in [0, 0.05) is 17.3 Å².